The maximum atomic E-state index is 13.0. The van der Waals surface area contributed by atoms with Gasteiger partial charge < -0.3 is 11.5 Å². The average Bonchev–Trinajstić information content (AvgIpc) is 2.86. The number of amides is 1. The largest absolute Gasteiger partial charge is 0.418 e. The molecular formula is C12H11F3N4O. The van der Waals surface area contributed by atoms with Gasteiger partial charge in [0.05, 0.1) is 11.3 Å². The number of nitrogens with zero attached hydrogens (tertiary/aromatic N) is 2. The maximum absolute atomic E-state index is 13.0. The van der Waals surface area contributed by atoms with Crippen LogP contribution >= 0.6 is 0 Å². The molecule has 1 aromatic carbocycles. The van der Waals surface area contributed by atoms with Crippen molar-refractivity contribution in [2.75, 3.05) is 0 Å². The summed E-state index contributed by atoms with van der Waals surface area (Å²) in [6, 6.07) is 4.93. The van der Waals surface area contributed by atoms with Crippen LogP contribution in [0, 0.1) is 0 Å². The number of alkyl halides is 3. The van der Waals surface area contributed by atoms with Crippen LogP contribution in [0.2, 0.25) is 0 Å². The monoisotopic (exact) mass is 284 g/mol. The predicted octanol–water partition coefficient (Wildman–Crippen LogP) is 1.45. The lowest BCUT2D eigenvalue weighted by Gasteiger charge is -2.14. The van der Waals surface area contributed by atoms with Crippen molar-refractivity contribution in [2.24, 2.45) is 11.5 Å². The molecule has 8 heteroatoms. The van der Waals surface area contributed by atoms with Crippen LogP contribution in [0.5, 0.6) is 0 Å². The molecule has 106 valence electrons. The summed E-state index contributed by atoms with van der Waals surface area (Å²) in [7, 11) is 0. The first kappa shape index (κ1) is 14.1. The number of nitrogens with two attached hydrogens (primary N) is 2. The van der Waals surface area contributed by atoms with Gasteiger partial charge in [0.2, 0.25) is 0 Å². The second kappa shape index (κ2) is 4.97. The zero-order chi connectivity index (χ0) is 14.9. The summed E-state index contributed by atoms with van der Waals surface area (Å²) in [6.07, 6.45) is -3.31. The molecule has 0 fully saturated rings. The number of carbonyl (C=O) groups is 1. The summed E-state index contributed by atoms with van der Waals surface area (Å²) >= 11 is 0. The molecule has 1 amide bonds. The molecule has 0 aliphatic carbocycles. The smallest absolute Gasteiger partial charge is 0.364 e. The van der Waals surface area contributed by atoms with E-state index in [-0.39, 0.29) is 17.9 Å². The Bertz CT molecular complexity index is 648. The van der Waals surface area contributed by atoms with Crippen LogP contribution in [-0.4, -0.2) is 15.7 Å². The number of halogens is 3. The van der Waals surface area contributed by atoms with Crippen molar-refractivity contribution in [1.82, 2.24) is 9.78 Å². The Kier molecular flexibility index (Phi) is 3.49. The van der Waals surface area contributed by atoms with Crippen molar-refractivity contribution in [3.8, 4) is 5.69 Å². The molecule has 1 aromatic heterocycles. The minimum atomic E-state index is -4.56. The zero-order valence-electron chi connectivity index (χ0n) is 10.2. The van der Waals surface area contributed by atoms with Gasteiger partial charge in [-0.2, -0.15) is 18.3 Å². The van der Waals surface area contributed by atoms with E-state index in [1.165, 1.54) is 24.4 Å². The van der Waals surface area contributed by atoms with Gasteiger partial charge in [0, 0.05) is 12.7 Å². The molecule has 0 aliphatic rings. The topological polar surface area (TPSA) is 86.9 Å². The van der Waals surface area contributed by atoms with Gasteiger partial charge in [-0.05, 0) is 23.8 Å². The maximum Gasteiger partial charge on any atom is 0.418 e. The average molecular weight is 284 g/mol. The molecule has 5 nitrogen and oxygen atoms in total. The summed E-state index contributed by atoms with van der Waals surface area (Å²) in [6.45, 7) is -0.00496. The van der Waals surface area contributed by atoms with Crippen LogP contribution in [-0.2, 0) is 12.7 Å². The van der Waals surface area contributed by atoms with Gasteiger partial charge in [-0.3, -0.25) is 4.79 Å². The third-order valence-corrected chi connectivity index (χ3v) is 2.69. The molecule has 1 heterocycles. The fourth-order valence-corrected chi connectivity index (χ4v) is 1.73. The first-order valence-corrected chi connectivity index (χ1v) is 5.59. The summed E-state index contributed by atoms with van der Waals surface area (Å²) in [5.74, 6) is -0.809. The number of rotatable bonds is 3. The standard InChI is InChI=1S/C12H11F3N4O/c13-12(14,15)8-5-7(6-16)1-2-10(8)19-4-3-9(18-19)11(17)20/h1-5H,6,16H2,(H2,17,20). The van der Waals surface area contributed by atoms with Crippen molar-refractivity contribution in [3.05, 3.63) is 47.3 Å². The summed E-state index contributed by atoms with van der Waals surface area (Å²) < 4.78 is 40.1. The van der Waals surface area contributed by atoms with Gasteiger partial charge in [0.1, 0.15) is 5.69 Å². The van der Waals surface area contributed by atoms with Crippen molar-refractivity contribution >= 4 is 5.91 Å². The van der Waals surface area contributed by atoms with E-state index in [2.05, 4.69) is 5.10 Å². The van der Waals surface area contributed by atoms with Crippen molar-refractivity contribution in [1.29, 1.82) is 0 Å². The van der Waals surface area contributed by atoms with E-state index in [1.54, 1.807) is 0 Å². The molecular weight excluding hydrogens is 273 g/mol. The molecule has 0 radical (unpaired) electrons. The van der Waals surface area contributed by atoms with Crippen LogP contribution in [0.4, 0.5) is 13.2 Å². The molecule has 0 unspecified atom stereocenters. The van der Waals surface area contributed by atoms with Crippen LogP contribution in [0.25, 0.3) is 5.69 Å². The Hall–Kier alpha value is -2.35. The van der Waals surface area contributed by atoms with E-state index in [9.17, 15) is 18.0 Å². The van der Waals surface area contributed by atoms with Gasteiger partial charge >= 0.3 is 6.18 Å². The number of carbonyl (C=O) groups excluding carboxylic acids is 1. The predicted molar refractivity (Wildman–Crippen MR) is 65.0 cm³/mol. The van der Waals surface area contributed by atoms with Crippen LogP contribution in [0.1, 0.15) is 21.6 Å². The Morgan fingerprint density at radius 1 is 1.30 bits per heavy atom. The summed E-state index contributed by atoms with van der Waals surface area (Å²) in [4.78, 5) is 10.9. The highest BCUT2D eigenvalue weighted by molar-refractivity contribution is 5.90. The van der Waals surface area contributed by atoms with Crippen LogP contribution < -0.4 is 11.5 Å². The van der Waals surface area contributed by atoms with Gasteiger partial charge in [-0.25, -0.2) is 4.68 Å². The third-order valence-electron chi connectivity index (χ3n) is 2.69. The van der Waals surface area contributed by atoms with E-state index in [1.807, 2.05) is 0 Å². The van der Waals surface area contributed by atoms with E-state index < -0.39 is 17.6 Å². The van der Waals surface area contributed by atoms with Crippen LogP contribution in [0.15, 0.2) is 30.5 Å². The Morgan fingerprint density at radius 3 is 2.50 bits per heavy atom. The lowest BCUT2D eigenvalue weighted by molar-refractivity contribution is -0.137. The quantitative estimate of drug-likeness (QED) is 0.894. The Labute approximate surface area is 112 Å². The SMILES string of the molecule is NCc1ccc(-n2ccc(C(N)=O)n2)c(C(F)(F)F)c1. The molecule has 2 aromatic rings. The Morgan fingerprint density at radius 2 is 2.00 bits per heavy atom. The highest BCUT2D eigenvalue weighted by atomic mass is 19.4. The van der Waals surface area contributed by atoms with Crippen LogP contribution in [0.3, 0.4) is 0 Å². The molecule has 0 saturated carbocycles. The Balaban J connectivity index is 2.57. The first-order valence-electron chi connectivity index (χ1n) is 5.59. The van der Waals surface area contributed by atoms with Gasteiger partial charge in [0.15, 0.2) is 0 Å². The van der Waals surface area contributed by atoms with Gasteiger partial charge in [-0.15, -0.1) is 0 Å². The van der Waals surface area contributed by atoms with Crippen molar-refractivity contribution in [3.63, 3.8) is 0 Å². The van der Waals surface area contributed by atoms with E-state index in [0.717, 1.165) is 10.7 Å². The van der Waals surface area contributed by atoms with E-state index >= 15 is 0 Å². The third kappa shape index (κ3) is 2.64. The highest BCUT2D eigenvalue weighted by Crippen LogP contribution is 2.34. The first-order chi connectivity index (χ1) is 9.32. The fraction of sp³-hybridized carbons (Fsp3) is 0.167. The van der Waals surface area contributed by atoms with Gasteiger partial charge in [-0.1, -0.05) is 6.07 Å². The number of hydrogen-bond acceptors (Lipinski definition) is 3. The van der Waals surface area contributed by atoms with Crippen molar-refractivity contribution in [2.45, 2.75) is 12.7 Å². The number of hydrogen-bond donors (Lipinski definition) is 2. The second-order valence-electron chi connectivity index (χ2n) is 4.06. The molecule has 4 N–H and O–H groups in total. The second-order valence-corrected chi connectivity index (χ2v) is 4.06. The highest BCUT2D eigenvalue weighted by Gasteiger charge is 2.34. The molecule has 0 spiro atoms. The molecule has 0 atom stereocenters. The molecule has 0 bridgehead atoms. The molecule has 20 heavy (non-hydrogen) atoms. The lowest BCUT2D eigenvalue weighted by Crippen LogP contribution is -2.15. The minimum Gasteiger partial charge on any atom is -0.364 e. The van der Waals surface area contributed by atoms with Gasteiger partial charge in [0.25, 0.3) is 5.91 Å². The molecule has 2 rings (SSSR count). The fourth-order valence-electron chi connectivity index (χ4n) is 1.73. The normalized spacial score (nSPS) is 11.6. The number of benzene rings is 1. The van der Waals surface area contributed by atoms with E-state index in [0.29, 0.717) is 5.56 Å². The summed E-state index contributed by atoms with van der Waals surface area (Å²) in [5, 5.41) is 3.72. The zero-order valence-corrected chi connectivity index (χ0v) is 10.2. The molecule has 0 saturated heterocycles. The number of aromatic nitrogens is 2. The minimum absolute atomic E-state index is 0.00496. The van der Waals surface area contributed by atoms with Crippen molar-refractivity contribution < 1.29 is 18.0 Å². The lowest BCUT2D eigenvalue weighted by atomic mass is 10.1. The number of primary amides is 1. The molecule has 0 aliphatic heterocycles. The van der Waals surface area contributed by atoms with E-state index in [4.69, 9.17) is 11.5 Å². The summed E-state index contributed by atoms with van der Waals surface area (Å²) in [5.41, 5.74) is 9.54.